The van der Waals surface area contributed by atoms with Crippen LogP contribution >= 0.6 is 45.5 Å². The van der Waals surface area contributed by atoms with Crippen LogP contribution in [0.1, 0.15) is 44.9 Å². The molecule has 0 saturated heterocycles. The number of thiazole rings is 1. The van der Waals surface area contributed by atoms with E-state index in [1.165, 1.54) is 15.9 Å². The van der Waals surface area contributed by atoms with E-state index in [2.05, 4.69) is 4.99 Å². The van der Waals surface area contributed by atoms with E-state index >= 15 is 0 Å². The Bertz CT molecular complexity index is 1540. The second kappa shape index (κ2) is 10.8. The zero-order chi connectivity index (χ0) is 26.1. The van der Waals surface area contributed by atoms with Crippen molar-refractivity contribution in [3.63, 3.8) is 0 Å². The summed E-state index contributed by atoms with van der Waals surface area (Å²) in [6.07, 6.45) is 1.25. The van der Waals surface area contributed by atoms with Gasteiger partial charge in [0, 0.05) is 10.6 Å². The van der Waals surface area contributed by atoms with Gasteiger partial charge in [0.15, 0.2) is 4.80 Å². The van der Waals surface area contributed by atoms with Crippen molar-refractivity contribution in [3.05, 3.63) is 87.1 Å². The van der Waals surface area contributed by atoms with Gasteiger partial charge in [0.05, 0.1) is 38.1 Å². The topological polar surface area (TPSA) is 90.1 Å². The molecule has 1 N–H and O–H groups in total. The fourth-order valence-corrected chi connectivity index (χ4v) is 6.02. The zero-order valence-electron chi connectivity index (χ0n) is 20.0. The Morgan fingerprint density at radius 3 is 2.64 bits per heavy atom. The molecule has 2 aromatic carbocycles. The van der Waals surface area contributed by atoms with Gasteiger partial charge < -0.3 is 14.6 Å². The highest BCUT2D eigenvalue weighted by Gasteiger charge is 2.33. The van der Waals surface area contributed by atoms with Crippen molar-refractivity contribution >= 4 is 57.6 Å². The van der Waals surface area contributed by atoms with Crippen LogP contribution in [0.15, 0.2) is 57.5 Å². The number of rotatable bonds is 6. The predicted molar refractivity (Wildman–Crippen MR) is 148 cm³/mol. The smallest absolute Gasteiger partial charge is 0.338 e. The number of esters is 1. The number of nitrogens with zero attached hydrogens (tertiary/aromatic N) is 2. The summed E-state index contributed by atoms with van der Waals surface area (Å²) in [5, 5.41) is 11.0. The second-order valence-electron chi connectivity index (χ2n) is 8.36. The summed E-state index contributed by atoms with van der Waals surface area (Å²) in [4.78, 5) is 31.9. The summed E-state index contributed by atoms with van der Waals surface area (Å²) < 4.78 is 13.5. The van der Waals surface area contributed by atoms with Gasteiger partial charge in [-0.25, -0.2) is 9.79 Å². The van der Waals surface area contributed by atoms with Crippen LogP contribution in [-0.2, 0) is 9.53 Å². The highest BCUT2D eigenvalue weighted by Crippen LogP contribution is 2.32. The van der Waals surface area contributed by atoms with Crippen molar-refractivity contribution in [1.82, 2.24) is 4.57 Å². The van der Waals surface area contributed by atoms with E-state index < -0.39 is 12.0 Å². The quantitative estimate of drug-likeness (QED) is 0.316. The molecule has 0 unspecified atom stereocenters. The number of halogens is 2. The SMILES string of the molecule is CCOc1ccc([C@@H]2C(C(=O)OC(C)C)=C(C)N=c3s/c(=C/c4cc(Cl)cc(I)c4O)c(=O)n32)cc1. The minimum absolute atomic E-state index is 0.0336. The minimum Gasteiger partial charge on any atom is -0.506 e. The lowest BCUT2D eigenvalue weighted by molar-refractivity contribution is -0.143. The highest BCUT2D eigenvalue weighted by atomic mass is 127. The van der Waals surface area contributed by atoms with Crippen LogP contribution in [0.3, 0.4) is 0 Å². The summed E-state index contributed by atoms with van der Waals surface area (Å²) in [5.41, 5.74) is 1.58. The van der Waals surface area contributed by atoms with Crippen molar-refractivity contribution in [2.75, 3.05) is 6.61 Å². The minimum atomic E-state index is -0.738. The average Bonchev–Trinajstić information content (AvgIpc) is 3.11. The lowest BCUT2D eigenvalue weighted by atomic mass is 9.96. The Morgan fingerprint density at radius 1 is 1.31 bits per heavy atom. The van der Waals surface area contributed by atoms with Crippen molar-refractivity contribution in [1.29, 1.82) is 0 Å². The Balaban J connectivity index is 1.94. The van der Waals surface area contributed by atoms with E-state index in [-0.39, 0.29) is 17.4 Å². The molecule has 0 fully saturated rings. The van der Waals surface area contributed by atoms with Crippen LogP contribution in [0.25, 0.3) is 6.08 Å². The zero-order valence-corrected chi connectivity index (χ0v) is 23.8. The lowest BCUT2D eigenvalue weighted by Crippen LogP contribution is -2.40. The molecular weight excluding hydrogens is 615 g/mol. The molecule has 1 aliphatic rings. The van der Waals surface area contributed by atoms with Crippen molar-refractivity contribution in [2.45, 2.75) is 39.8 Å². The molecule has 1 aliphatic heterocycles. The third kappa shape index (κ3) is 5.23. The number of allylic oxidation sites excluding steroid dienone is 1. The van der Waals surface area contributed by atoms with Crippen LogP contribution in [0.4, 0.5) is 0 Å². The molecule has 36 heavy (non-hydrogen) atoms. The number of aromatic hydroxyl groups is 1. The molecule has 4 rings (SSSR count). The molecule has 3 aromatic rings. The Labute approximate surface area is 230 Å². The highest BCUT2D eigenvalue weighted by molar-refractivity contribution is 14.1. The van der Waals surface area contributed by atoms with Crippen LogP contribution in [0, 0.1) is 3.57 Å². The van der Waals surface area contributed by atoms with E-state index in [1.54, 1.807) is 51.1 Å². The molecule has 7 nitrogen and oxygen atoms in total. The first-order valence-corrected chi connectivity index (χ1v) is 13.5. The fraction of sp³-hybridized carbons (Fsp3) is 0.269. The van der Waals surface area contributed by atoms with Gasteiger partial charge in [-0.3, -0.25) is 9.36 Å². The molecule has 2 heterocycles. The van der Waals surface area contributed by atoms with Crippen LogP contribution < -0.4 is 19.6 Å². The number of carbonyl (C=O) groups is 1. The van der Waals surface area contributed by atoms with Crippen LogP contribution in [-0.4, -0.2) is 28.4 Å². The monoisotopic (exact) mass is 638 g/mol. The van der Waals surface area contributed by atoms with Crippen molar-refractivity contribution < 1.29 is 19.4 Å². The van der Waals surface area contributed by atoms with Gasteiger partial charge in [-0.2, -0.15) is 0 Å². The summed E-state index contributed by atoms with van der Waals surface area (Å²) >= 11 is 9.34. The van der Waals surface area contributed by atoms with Gasteiger partial charge in [-0.15, -0.1) is 0 Å². The number of carbonyl (C=O) groups excluding carboxylic acids is 1. The summed E-state index contributed by atoms with van der Waals surface area (Å²) in [5.74, 6) is 0.194. The molecule has 0 radical (unpaired) electrons. The van der Waals surface area contributed by atoms with Crippen molar-refractivity contribution in [2.24, 2.45) is 4.99 Å². The number of fused-ring (bicyclic) bond motifs is 1. The van der Waals surface area contributed by atoms with Gasteiger partial charge in [-0.05, 0) is 86.2 Å². The van der Waals surface area contributed by atoms with E-state index in [1.807, 2.05) is 41.6 Å². The number of phenols is 1. The molecule has 0 spiro atoms. The number of benzene rings is 2. The molecule has 1 atom stereocenters. The van der Waals surface area contributed by atoms with Crippen molar-refractivity contribution in [3.8, 4) is 11.5 Å². The molecule has 0 saturated carbocycles. The van der Waals surface area contributed by atoms with Crippen LogP contribution in [0.5, 0.6) is 11.5 Å². The van der Waals surface area contributed by atoms with Gasteiger partial charge in [0.2, 0.25) is 0 Å². The molecule has 1 aromatic heterocycles. The summed E-state index contributed by atoms with van der Waals surface area (Å²) in [6.45, 7) is 7.70. The lowest BCUT2D eigenvalue weighted by Gasteiger charge is -2.25. The van der Waals surface area contributed by atoms with Gasteiger partial charge in [-0.1, -0.05) is 35.1 Å². The molecular formula is C26H24ClIN2O5S. The molecule has 10 heteroatoms. The molecule has 0 bridgehead atoms. The maximum Gasteiger partial charge on any atom is 0.338 e. The Kier molecular flexibility index (Phi) is 7.91. The first-order chi connectivity index (χ1) is 17.1. The Hall–Kier alpha value is -2.63. The fourth-order valence-electron chi connectivity index (χ4n) is 3.93. The van der Waals surface area contributed by atoms with Gasteiger partial charge in [0.25, 0.3) is 5.56 Å². The Morgan fingerprint density at radius 2 is 2.00 bits per heavy atom. The predicted octanol–water partition coefficient (Wildman–Crippen LogP) is 4.55. The number of hydrogen-bond acceptors (Lipinski definition) is 7. The van der Waals surface area contributed by atoms with Crippen LogP contribution in [0.2, 0.25) is 5.02 Å². The first-order valence-electron chi connectivity index (χ1n) is 11.2. The first kappa shape index (κ1) is 26.4. The molecule has 0 amide bonds. The van der Waals surface area contributed by atoms with Gasteiger partial charge in [0.1, 0.15) is 11.5 Å². The van der Waals surface area contributed by atoms with E-state index in [9.17, 15) is 14.7 Å². The van der Waals surface area contributed by atoms with E-state index in [0.717, 1.165) is 5.56 Å². The van der Waals surface area contributed by atoms with E-state index in [0.29, 0.717) is 47.1 Å². The standard InChI is InChI=1S/C26H24ClIN2O5S/c1-5-34-18-8-6-15(7-9-18)22-21(25(33)35-13(2)3)14(4)29-26-30(22)24(32)20(36-26)11-16-10-17(27)12-19(28)23(16)31/h6-13,22,31H,5H2,1-4H3/b20-11+/t22-/m1/s1. The third-order valence-electron chi connectivity index (χ3n) is 5.44. The number of ether oxygens (including phenoxy) is 2. The average molecular weight is 639 g/mol. The second-order valence-corrected chi connectivity index (χ2v) is 11.0. The maximum atomic E-state index is 13.7. The molecule has 188 valence electrons. The normalized spacial score (nSPS) is 15.6. The largest absolute Gasteiger partial charge is 0.506 e. The summed E-state index contributed by atoms with van der Waals surface area (Å²) in [7, 11) is 0. The molecule has 0 aliphatic carbocycles. The number of aromatic nitrogens is 1. The third-order valence-corrected chi connectivity index (χ3v) is 7.46. The van der Waals surface area contributed by atoms with Gasteiger partial charge >= 0.3 is 5.97 Å². The van der Waals surface area contributed by atoms with E-state index in [4.69, 9.17) is 21.1 Å². The number of hydrogen-bond donors (Lipinski definition) is 1. The maximum absolute atomic E-state index is 13.7. The number of phenolic OH excluding ortho intramolecular Hbond substituents is 1. The summed E-state index contributed by atoms with van der Waals surface area (Å²) in [6, 6.07) is 9.77.